The Bertz CT molecular complexity index is 863. The van der Waals surface area contributed by atoms with Gasteiger partial charge in [-0.2, -0.15) is 0 Å². The number of rotatable bonds is 6. The van der Waals surface area contributed by atoms with Gasteiger partial charge in [-0.3, -0.25) is 9.59 Å². The van der Waals surface area contributed by atoms with Crippen LogP contribution in [-0.2, 0) is 0 Å². The summed E-state index contributed by atoms with van der Waals surface area (Å²) in [5, 5.41) is 2.88. The van der Waals surface area contributed by atoms with Gasteiger partial charge in [-0.25, -0.2) is 4.98 Å². The topological polar surface area (TPSA) is 74.8 Å². The number of methoxy groups -OCH3 is 1. The Balaban J connectivity index is 1.65. The predicted octanol–water partition coefficient (Wildman–Crippen LogP) is 2.58. The van der Waals surface area contributed by atoms with Gasteiger partial charge in [0.1, 0.15) is 17.1 Å². The van der Waals surface area contributed by atoms with E-state index in [2.05, 4.69) is 15.2 Å². The largest absolute Gasteiger partial charge is 0.495 e. The maximum absolute atomic E-state index is 12.9. The van der Waals surface area contributed by atoms with Crippen molar-refractivity contribution in [3.05, 3.63) is 53.9 Å². The molecule has 2 aromatic rings. The highest BCUT2D eigenvalue weighted by atomic mass is 16.5. The van der Waals surface area contributed by atoms with Crippen LogP contribution in [-0.4, -0.2) is 61.0 Å². The Labute approximate surface area is 171 Å². The molecule has 1 aromatic carbocycles. The average Bonchev–Trinajstić information content (AvgIpc) is 2.78. The SMILES string of the molecule is CCC(C)NC(=O)c1cccc(C(=O)N2CCN(c3ccccc3OC)CC2)n1. The molecule has 0 bridgehead atoms. The highest BCUT2D eigenvalue weighted by Gasteiger charge is 2.25. The average molecular weight is 396 g/mol. The second-order valence-electron chi connectivity index (χ2n) is 7.14. The van der Waals surface area contributed by atoms with Crippen LogP contribution in [0.3, 0.4) is 0 Å². The van der Waals surface area contributed by atoms with Gasteiger partial charge in [0.25, 0.3) is 11.8 Å². The van der Waals surface area contributed by atoms with Crippen molar-refractivity contribution in [2.24, 2.45) is 0 Å². The number of pyridine rings is 1. The third kappa shape index (κ3) is 4.85. The van der Waals surface area contributed by atoms with Crippen LogP contribution < -0.4 is 15.0 Å². The van der Waals surface area contributed by atoms with Gasteiger partial charge in [-0.15, -0.1) is 0 Å². The van der Waals surface area contributed by atoms with Crippen LogP contribution in [0, 0.1) is 0 Å². The number of carbonyl (C=O) groups is 2. The number of carbonyl (C=O) groups excluding carboxylic acids is 2. The first-order valence-corrected chi connectivity index (χ1v) is 9.98. The van der Waals surface area contributed by atoms with Crippen molar-refractivity contribution < 1.29 is 14.3 Å². The van der Waals surface area contributed by atoms with E-state index in [4.69, 9.17) is 4.74 Å². The van der Waals surface area contributed by atoms with Crippen LogP contribution in [0.25, 0.3) is 0 Å². The quantitative estimate of drug-likeness (QED) is 0.812. The minimum absolute atomic E-state index is 0.0618. The van der Waals surface area contributed by atoms with Crippen LogP contribution in [0.2, 0.25) is 0 Å². The zero-order valence-electron chi connectivity index (χ0n) is 17.2. The van der Waals surface area contributed by atoms with Gasteiger partial charge < -0.3 is 19.9 Å². The molecule has 1 fully saturated rings. The van der Waals surface area contributed by atoms with E-state index in [0.717, 1.165) is 17.9 Å². The Hall–Kier alpha value is -3.09. The van der Waals surface area contributed by atoms with Crippen LogP contribution in [0.1, 0.15) is 41.2 Å². The molecule has 1 aromatic heterocycles. The van der Waals surface area contributed by atoms with Crippen molar-refractivity contribution in [2.45, 2.75) is 26.3 Å². The molecular weight excluding hydrogens is 368 g/mol. The van der Waals surface area contributed by atoms with Crippen LogP contribution in [0.5, 0.6) is 5.75 Å². The molecule has 1 aliphatic heterocycles. The van der Waals surface area contributed by atoms with Crippen LogP contribution in [0.4, 0.5) is 5.69 Å². The minimum Gasteiger partial charge on any atom is -0.495 e. The lowest BCUT2D eigenvalue weighted by molar-refractivity contribution is 0.0740. The van der Waals surface area contributed by atoms with E-state index < -0.39 is 0 Å². The summed E-state index contributed by atoms with van der Waals surface area (Å²) in [5.74, 6) is 0.423. The van der Waals surface area contributed by atoms with Crippen molar-refractivity contribution in [2.75, 3.05) is 38.2 Å². The summed E-state index contributed by atoms with van der Waals surface area (Å²) in [6, 6.07) is 12.9. The predicted molar refractivity (Wildman–Crippen MR) is 113 cm³/mol. The van der Waals surface area contributed by atoms with Gasteiger partial charge in [-0.05, 0) is 37.6 Å². The third-order valence-corrected chi connectivity index (χ3v) is 5.18. The number of benzene rings is 1. The zero-order chi connectivity index (χ0) is 20.8. The van der Waals surface area contributed by atoms with Gasteiger partial charge in [0, 0.05) is 32.2 Å². The van der Waals surface area contributed by atoms with E-state index in [0.29, 0.717) is 31.9 Å². The summed E-state index contributed by atoms with van der Waals surface area (Å²) in [7, 11) is 1.66. The molecule has 0 aliphatic carbocycles. The zero-order valence-corrected chi connectivity index (χ0v) is 17.2. The van der Waals surface area contributed by atoms with E-state index in [1.807, 2.05) is 38.1 Å². The van der Waals surface area contributed by atoms with Crippen molar-refractivity contribution in [3.63, 3.8) is 0 Å². The number of hydrogen-bond acceptors (Lipinski definition) is 5. The third-order valence-electron chi connectivity index (χ3n) is 5.18. The summed E-state index contributed by atoms with van der Waals surface area (Å²) < 4.78 is 5.44. The second kappa shape index (κ2) is 9.41. The lowest BCUT2D eigenvalue weighted by atomic mass is 10.2. The van der Waals surface area contributed by atoms with E-state index in [9.17, 15) is 9.59 Å². The van der Waals surface area contributed by atoms with Crippen molar-refractivity contribution in [3.8, 4) is 5.75 Å². The number of anilines is 1. The monoisotopic (exact) mass is 396 g/mol. The molecule has 1 aliphatic rings. The molecule has 0 radical (unpaired) electrons. The summed E-state index contributed by atoms with van der Waals surface area (Å²) in [4.78, 5) is 33.5. The van der Waals surface area contributed by atoms with Crippen LogP contribution in [0.15, 0.2) is 42.5 Å². The van der Waals surface area contributed by atoms with E-state index in [1.54, 1.807) is 30.2 Å². The normalized spacial score (nSPS) is 15.0. The molecule has 2 heterocycles. The highest BCUT2D eigenvalue weighted by molar-refractivity contribution is 5.96. The lowest BCUT2D eigenvalue weighted by Crippen LogP contribution is -2.49. The molecule has 0 saturated carbocycles. The van der Waals surface area contributed by atoms with E-state index in [-0.39, 0.29) is 23.6 Å². The summed E-state index contributed by atoms with van der Waals surface area (Å²) >= 11 is 0. The first kappa shape index (κ1) is 20.6. The first-order valence-electron chi connectivity index (χ1n) is 9.98. The molecule has 7 nitrogen and oxygen atoms in total. The number of para-hydroxylation sites is 2. The van der Waals surface area contributed by atoms with Gasteiger partial charge in [-0.1, -0.05) is 25.1 Å². The van der Waals surface area contributed by atoms with E-state index in [1.165, 1.54) is 0 Å². The smallest absolute Gasteiger partial charge is 0.272 e. The highest BCUT2D eigenvalue weighted by Crippen LogP contribution is 2.28. The molecule has 29 heavy (non-hydrogen) atoms. The molecule has 0 spiro atoms. The molecule has 3 rings (SSSR count). The van der Waals surface area contributed by atoms with Crippen molar-refractivity contribution in [1.82, 2.24) is 15.2 Å². The Morgan fingerprint density at radius 2 is 1.76 bits per heavy atom. The maximum atomic E-state index is 12.9. The number of hydrogen-bond donors (Lipinski definition) is 1. The second-order valence-corrected chi connectivity index (χ2v) is 7.14. The number of nitrogens with zero attached hydrogens (tertiary/aromatic N) is 3. The van der Waals surface area contributed by atoms with Gasteiger partial charge in [0.2, 0.25) is 0 Å². The molecule has 2 amide bonds. The summed E-state index contributed by atoms with van der Waals surface area (Å²) in [5.41, 5.74) is 1.60. The molecule has 1 atom stereocenters. The molecular formula is C22H28N4O3. The lowest BCUT2D eigenvalue weighted by Gasteiger charge is -2.36. The molecule has 1 saturated heterocycles. The first-order chi connectivity index (χ1) is 14.0. The summed E-state index contributed by atoms with van der Waals surface area (Å²) in [6.07, 6.45) is 0.834. The molecule has 1 unspecified atom stereocenters. The summed E-state index contributed by atoms with van der Waals surface area (Å²) in [6.45, 7) is 6.53. The fourth-order valence-corrected chi connectivity index (χ4v) is 3.28. The van der Waals surface area contributed by atoms with Crippen LogP contribution >= 0.6 is 0 Å². The van der Waals surface area contributed by atoms with Gasteiger partial charge in [0.05, 0.1) is 12.8 Å². The Kier molecular flexibility index (Phi) is 6.69. The fourth-order valence-electron chi connectivity index (χ4n) is 3.28. The fraction of sp³-hybridized carbons (Fsp3) is 0.409. The number of nitrogens with one attached hydrogen (secondary N) is 1. The Morgan fingerprint density at radius 1 is 1.07 bits per heavy atom. The number of aromatic nitrogens is 1. The minimum atomic E-state index is -0.255. The molecule has 7 heteroatoms. The van der Waals surface area contributed by atoms with Gasteiger partial charge >= 0.3 is 0 Å². The maximum Gasteiger partial charge on any atom is 0.272 e. The van der Waals surface area contributed by atoms with E-state index >= 15 is 0 Å². The van der Waals surface area contributed by atoms with Crippen molar-refractivity contribution >= 4 is 17.5 Å². The molecule has 154 valence electrons. The standard InChI is InChI=1S/C22H28N4O3/c1-4-16(2)23-21(27)17-8-7-9-18(24-17)22(28)26-14-12-25(13-15-26)19-10-5-6-11-20(19)29-3/h5-11,16H,4,12-15H2,1-3H3,(H,23,27). The number of ether oxygens (including phenoxy) is 1. The number of piperazine rings is 1. The molecule has 1 N–H and O–H groups in total. The Morgan fingerprint density at radius 3 is 2.45 bits per heavy atom. The number of amides is 2. The van der Waals surface area contributed by atoms with Gasteiger partial charge in [0.15, 0.2) is 0 Å². The van der Waals surface area contributed by atoms with Crippen molar-refractivity contribution in [1.29, 1.82) is 0 Å².